The van der Waals surface area contributed by atoms with Crippen LogP contribution in [0.1, 0.15) is 42.5 Å². The van der Waals surface area contributed by atoms with E-state index in [0.29, 0.717) is 6.42 Å². The molecular formula is C15H23NO2. The second-order valence-corrected chi connectivity index (χ2v) is 5.81. The maximum Gasteiger partial charge on any atom is 0.320 e. The normalized spacial score (nSPS) is 13.4. The van der Waals surface area contributed by atoms with Gasteiger partial charge in [0.2, 0.25) is 0 Å². The fourth-order valence-electron chi connectivity index (χ4n) is 2.99. The number of carboxylic acid groups (broad SMARTS) is 1. The number of hydrogen-bond donors (Lipinski definition) is 2. The summed E-state index contributed by atoms with van der Waals surface area (Å²) in [5.74, 6) is -0.939. The van der Waals surface area contributed by atoms with Crippen molar-refractivity contribution in [3.05, 3.63) is 34.4 Å². The van der Waals surface area contributed by atoms with Gasteiger partial charge in [-0.3, -0.25) is 4.79 Å². The van der Waals surface area contributed by atoms with Crippen molar-refractivity contribution in [2.75, 3.05) is 0 Å². The predicted octanol–water partition coefficient (Wildman–Crippen LogP) is 2.69. The Labute approximate surface area is 109 Å². The highest BCUT2D eigenvalue weighted by Gasteiger charge is 2.29. The Hall–Kier alpha value is -1.35. The Balaban J connectivity index is 3.16. The fraction of sp³-hybridized carbons (Fsp3) is 0.533. The number of carbonyl (C=O) groups is 1. The molecule has 1 atom stereocenters. The van der Waals surface area contributed by atoms with E-state index >= 15 is 0 Å². The van der Waals surface area contributed by atoms with Gasteiger partial charge in [-0.25, -0.2) is 0 Å². The lowest BCUT2D eigenvalue weighted by molar-refractivity contribution is -0.139. The van der Waals surface area contributed by atoms with E-state index in [1.165, 1.54) is 22.3 Å². The van der Waals surface area contributed by atoms with E-state index in [2.05, 4.69) is 46.8 Å². The van der Waals surface area contributed by atoms with Crippen molar-refractivity contribution in [1.29, 1.82) is 0 Å². The van der Waals surface area contributed by atoms with Crippen LogP contribution in [0.25, 0.3) is 0 Å². The van der Waals surface area contributed by atoms with Gasteiger partial charge in [-0.1, -0.05) is 31.5 Å². The van der Waals surface area contributed by atoms with Crippen molar-refractivity contribution >= 4 is 5.97 Å². The lowest BCUT2D eigenvalue weighted by Gasteiger charge is -2.30. The van der Waals surface area contributed by atoms with Gasteiger partial charge in [0.05, 0.1) is 0 Å². The number of hydrogen-bond acceptors (Lipinski definition) is 2. The summed E-state index contributed by atoms with van der Waals surface area (Å²) in [4.78, 5) is 10.9. The predicted molar refractivity (Wildman–Crippen MR) is 73.9 cm³/mol. The molecule has 0 saturated carbocycles. The molecule has 1 aromatic rings. The van der Waals surface area contributed by atoms with E-state index in [0.717, 1.165) is 0 Å². The summed E-state index contributed by atoms with van der Waals surface area (Å²) in [6.07, 6.45) is 0.438. The van der Waals surface area contributed by atoms with Crippen molar-refractivity contribution < 1.29 is 9.90 Å². The Kier molecular flexibility index (Phi) is 4.17. The van der Waals surface area contributed by atoms with Gasteiger partial charge in [0.25, 0.3) is 0 Å². The van der Waals surface area contributed by atoms with Gasteiger partial charge in [-0.15, -0.1) is 0 Å². The molecule has 0 aliphatic heterocycles. The minimum absolute atomic E-state index is 0.236. The van der Waals surface area contributed by atoms with Crippen LogP contribution in [0.3, 0.4) is 0 Å². The van der Waals surface area contributed by atoms with E-state index in [9.17, 15) is 4.79 Å². The summed E-state index contributed by atoms with van der Waals surface area (Å²) in [7, 11) is 0. The zero-order valence-electron chi connectivity index (χ0n) is 11.9. The molecule has 1 rings (SSSR count). The van der Waals surface area contributed by atoms with Gasteiger partial charge in [0, 0.05) is 0 Å². The van der Waals surface area contributed by atoms with E-state index < -0.39 is 12.0 Å². The van der Waals surface area contributed by atoms with Gasteiger partial charge in [0.1, 0.15) is 6.04 Å². The molecule has 0 radical (unpaired) electrons. The number of aliphatic carboxylic acids is 1. The molecule has 0 aliphatic rings. The van der Waals surface area contributed by atoms with Crippen LogP contribution in [0.5, 0.6) is 0 Å². The summed E-state index contributed by atoms with van der Waals surface area (Å²) < 4.78 is 0. The highest BCUT2D eigenvalue weighted by molar-refractivity contribution is 5.73. The highest BCUT2D eigenvalue weighted by atomic mass is 16.4. The van der Waals surface area contributed by atoms with Crippen molar-refractivity contribution in [2.24, 2.45) is 5.73 Å². The van der Waals surface area contributed by atoms with E-state index in [1.807, 2.05) is 0 Å². The third kappa shape index (κ3) is 3.10. The van der Waals surface area contributed by atoms with Crippen molar-refractivity contribution in [1.82, 2.24) is 0 Å². The van der Waals surface area contributed by atoms with Gasteiger partial charge >= 0.3 is 5.97 Å². The summed E-state index contributed by atoms with van der Waals surface area (Å²) in [5.41, 5.74) is 10.3. The molecule has 0 fully saturated rings. The van der Waals surface area contributed by atoms with Crippen LogP contribution in [0.2, 0.25) is 0 Å². The molecule has 1 unspecified atom stereocenters. The summed E-state index contributed by atoms with van der Waals surface area (Å²) >= 11 is 0. The lowest BCUT2D eigenvalue weighted by atomic mass is 9.75. The summed E-state index contributed by atoms with van der Waals surface area (Å²) in [5, 5.41) is 8.95. The zero-order valence-corrected chi connectivity index (χ0v) is 11.9. The topological polar surface area (TPSA) is 63.3 Å². The monoisotopic (exact) mass is 249 g/mol. The lowest BCUT2D eigenvalue weighted by Crippen LogP contribution is -2.37. The van der Waals surface area contributed by atoms with E-state index in [4.69, 9.17) is 10.8 Å². The number of nitrogens with two attached hydrogens (primary N) is 1. The number of aryl methyl sites for hydroxylation is 3. The quantitative estimate of drug-likeness (QED) is 0.862. The van der Waals surface area contributed by atoms with Gasteiger partial charge < -0.3 is 10.8 Å². The van der Waals surface area contributed by atoms with Crippen LogP contribution in [0, 0.1) is 20.8 Å². The Morgan fingerprint density at radius 2 is 1.72 bits per heavy atom. The zero-order chi connectivity index (χ0) is 14.1. The summed E-state index contributed by atoms with van der Waals surface area (Å²) in [6.45, 7) is 10.3. The molecule has 0 aromatic heterocycles. The third-order valence-corrected chi connectivity index (χ3v) is 3.40. The molecule has 3 nitrogen and oxygen atoms in total. The molecular weight excluding hydrogens is 226 g/mol. The van der Waals surface area contributed by atoms with Crippen LogP contribution >= 0.6 is 0 Å². The van der Waals surface area contributed by atoms with Crippen molar-refractivity contribution in [3.8, 4) is 0 Å². The molecule has 100 valence electrons. The molecule has 18 heavy (non-hydrogen) atoms. The Morgan fingerprint density at radius 3 is 2.11 bits per heavy atom. The second kappa shape index (κ2) is 5.11. The van der Waals surface area contributed by atoms with Crippen molar-refractivity contribution in [3.63, 3.8) is 0 Å². The van der Waals surface area contributed by atoms with Crippen LogP contribution in [0.15, 0.2) is 12.1 Å². The maximum absolute atomic E-state index is 10.9. The van der Waals surface area contributed by atoms with Crippen LogP contribution < -0.4 is 5.73 Å². The minimum Gasteiger partial charge on any atom is -0.480 e. The van der Waals surface area contributed by atoms with Crippen LogP contribution in [-0.4, -0.2) is 17.1 Å². The molecule has 3 heteroatoms. The maximum atomic E-state index is 10.9. The molecule has 3 N–H and O–H groups in total. The SMILES string of the molecule is Cc1cc(C)c(C(C)(C)CC(N)C(=O)O)c(C)c1. The molecule has 0 aliphatic carbocycles. The average molecular weight is 249 g/mol. The molecule has 0 spiro atoms. The molecule has 0 bridgehead atoms. The average Bonchev–Trinajstić information content (AvgIpc) is 2.13. The minimum atomic E-state index is -0.939. The van der Waals surface area contributed by atoms with Gasteiger partial charge in [0.15, 0.2) is 0 Å². The largest absolute Gasteiger partial charge is 0.480 e. The van der Waals surface area contributed by atoms with Crippen molar-refractivity contribution in [2.45, 2.75) is 52.5 Å². The highest BCUT2D eigenvalue weighted by Crippen LogP contribution is 2.33. The van der Waals surface area contributed by atoms with Gasteiger partial charge in [-0.05, 0) is 49.3 Å². The molecule has 0 heterocycles. The number of rotatable bonds is 4. The summed E-state index contributed by atoms with van der Waals surface area (Å²) in [6, 6.07) is 3.45. The fourth-order valence-corrected chi connectivity index (χ4v) is 2.99. The third-order valence-electron chi connectivity index (χ3n) is 3.40. The Bertz CT molecular complexity index is 441. The number of carboxylic acids is 1. The van der Waals surface area contributed by atoms with Crippen LogP contribution in [0.4, 0.5) is 0 Å². The first-order valence-electron chi connectivity index (χ1n) is 6.22. The smallest absolute Gasteiger partial charge is 0.320 e. The molecule has 0 saturated heterocycles. The first-order valence-corrected chi connectivity index (χ1v) is 6.22. The van der Waals surface area contributed by atoms with Gasteiger partial charge in [-0.2, -0.15) is 0 Å². The first kappa shape index (κ1) is 14.7. The number of benzene rings is 1. The van der Waals surface area contributed by atoms with E-state index in [-0.39, 0.29) is 5.41 Å². The van der Waals surface area contributed by atoms with Crippen LogP contribution in [-0.2, 0) is 10.2 Å². The second-order valence-electron chi connectivity index (χ2n) is 5.81. The molecule has 1 aromatic carbocycles. The standard InChI is InChI=1S/C15H23NO2/c1-9-6-10(2)13(11(3)7-9)15(4,5)8-12(16)14(17)18/h6-7,12H,8,16H2,1-5H3,(H,17,18). The van der Waals surface area contributed by atoms with E-state index in [1.54, 1.807) is 0 Å². The Morgan fingerprint density at radius 1 is 1.28 bits per heavy atom. The first-order chi connectivity index (χ1) is 8.15. The molecule has 0 amide bonds.